The monoisotopic (exact) mass is 215 g/mol. The summed E-state index contributed by atoms with van der Waals surface area (Å²) in [5, 5.41) is 4.70. The van der Waals surface area contributed by atoms with E-state index >= 15 is 0 Å². The Labute approximate surface area is 88.0 Å². The molecule has 0 amide bonds. The second kappa shape index (κ2) is 3.77. The van der Waals surface area contributed by atoms with Crippen LogP contribution in [0.5, 0.6) is 0 Å². The average Bonchev–Trinajstić information content (AvgIpc) is 2.86. The first kappa shape index (κ1) is 9.17. The first-order chi connectivity index (χ1) is 6.25. The summed E-state index contributed by atoms with van der Waals surface area (Å²) >= 11 is 11.8. The topological polar surface area (TPSA) is 12.0 Å². The quantitative estimate of drug-likeness (QED) is 0.809. The van der Waals surface area contributed by atoms with Gasteiger partial charge in [0.2, 0.25) is 0 Å². The van der Waals surface area contributed by atoms with Gasteiger partial charge in [-0.05, 0) is 37.0 Å². The molecule has 0 aromatic heterocycles. The highest BCUT2D eigenvalue weighted by atomic mass is 35.5. The van der Waals surface area contributed by atoms with Crippen LogP contribution in [-0.2, 0) is 0 Å². The Morgan fingerprint density at radius 3 is 2.69 bits per heavy atom. The SMILES string of the molecule is Clc1ccc(NCC2CC2)c(Cl)c1. The Bertz CT molecular complexity index is 308. The predicted octanol–water partition coefficient (Wildman–Crippen LogP) is 3.82. The molecule has 1 aliphatic rings. The standard InChI is InChI=1S/C10H11Cl2N/c11-8-3-4-10(9(12)5-8)13-6-7-1-2-7/h3-5,7,13H,1-2,6H2. The van der Waals surface area contributed by atoms with Crippen LogP contribution in [0.25, 0.3) is 0 Å². The van der Waals surface area contributed by atoms with E-state index in [0.29, 0.717) is 10.0 Å². The predicted molar refractivity (Wildman–Crippen MR) is 57.7 cm³/mol. The van der Waals surface area contributed by atoms with Gasteiger partial charge in [0.1, 0.15) is 0 Å². The lowest BCUT2D eigenvalue weighted by atomic mass is 10.3. The van der Waals surface area contributed by atoms with Crippen LogP contribution in [0.1, 0.15) is 12.8 Å². The van der Waals surface area contributed by atoms with Crippen molar-refractivity contribution in [1.82, 2.24) is 0 Å². The Morgan fingerprint density at radius 2 is 2.08 bits per heavy atom. The summed E-state index contributed by atoms with van der Waals surface area (Å²) in [4.78, 5) is 0. The normalized spacial score (nSPS) is 15.8. The van der Waals surface area contributed by atoms with Crippen molar-refractivity contribution in [2.75, 3.05) is 11.9 Å². The molecule has 1 aromatic carbocycles. The Kier molecular flexibility index (Phi) is 2.66. The van der Waals surface area contributed by atoms with Gasteiger partial charge in [0.15, 0.2) is 0 Å². The third-order valence-corrected chi connectivity index (χ3v) is 2.76. The molecule has 3 heteroatoms. The number of hydrogen-bond donors (Lipinski definition) is 1. The van der Waals surface area contributed by atoms with Crippen molar-refractivity contribution in [1.29, 1.82) is 0 Å². The molecule has 1 nitrogen and oxygen atoms in total. The maximum Gasteiger partial charge on any atom is 0.0652 e. The zero-order valence-corrected chi connectivity index (χ0v) is 8.70. The van der Waals surface area contributed by atoms with E-state index in [0.717, 1.165) is 18.2 Å². The van der Waals surface area contributed by atoms with Crippen molar-refractivity contribution in [3.05, 3.63) is 28.2 Å². The van der Waals surface area contributed by atoms with Gasteiger partial charge in [-0.1, -0.05) is 23.2 Å². The van der Waals surface area contributed by atoms with Crippen LogP contribution in [0.15, 0.2) is 18.2 Å². The van der Waals surface area contributed by atoms with Gasteiger partial charge in [0, 0.05) is 11.6 Å². The smallest absolute Gasteiger partial charge is 0.0652 e. The average molecular weight is 216 g/mol. The van der Waals surface area contributed by atoms with E-state index in [4.69, 9.17) is 23.2 Å². The van der Waals surface area contributed by atoms with Gasteiger partial charge in [-0.2, -0.15) is 0 Å². The summed E-state index contributed by atoms with van der Waals surface area (Å²) in [5.41, 5.74) is 0.984. The van der Waals surface area contributed by atoms with E-state index in [1.807, 2.05) is 12.1 Å². The largest absolute Gasteiger partial charge is 0.384 e. The van der Waals surface area contributed by atoms with Crippen LogP contribution >= 0.6 is 23.2 Å². The first-order valence-corrected chi connectivity index (χ1v) is 5.20. The van der Waals surface area contributed by atoms with E-state index in [2.05, 4.69) is 5.32 Å². The highest BCUT2D eigenvalue weighted by Gasteiger charge is 2.20. The van der Waals surface area contributed by atoms with Crippen molar-refractivity contribution in [2.45, 2.75) is 12.8 Å². The van der Waals surface area contributed by atoms with Gasteiger partial charge in [-0.3, -0.25) is 0 Å². The van der Waals surface area contributed by atoms with Gasteiger partial charge in [0.25, 0.3) is 0 Å². The Morgan fingerprint density at radius 1 is 1.31 bits per heavy atom. The number of benzene rings is 1. The molecule has 0 aliphatic heterocycles. The molecule has 0 radical (unpaired) electrons. The molecule has 1 fully saturated rings. The molecule has 13 heavy (non-hydrogen) atoms. The molecule has 0 heterocycles. The number of halogens is 2. The Hall–Kier alpha value is -0.400. The van der Waals surface area contributed by atoms with E-state index < -0.39 is 0 Å². The fourth-order valence-electron chi connectivity index (χ4n) is 1.21. The summed E-state index contributed by atoms with van der Waals surface area (Å²) in [6.07, 6.45) is 2.69. The molecule has 0 saturated heterocycles. The zero-order chi connectivity index (χ0) is 9.26. The summed E-state index contributed by atoms with van der Waals surface area (Å²) in [6.45, 7) is 1.03. The number of hydrogen-bond acceptors (Lipinski definition) is 1. The van der Waals surface area contributed by atoms with E-state index in [1.165, 1.54) is 12.8 Å². The van der Waals surface area contributed by atoms with Crippen LogP contribution in [0.4, 0.5) is 5.69 Å². The third kappa shape index (κ3) is 2.52. The fourth-order valence-corrected chi connectivity index (χ4v) is 1.68. The Balaban J connectivity index is 2.01. The fraction of sp³-hybridized carbons (Fsp3) is 0.400. The third-order valence-electron chi connectivity index (χ3n) is 2.21. The summed E-state index contributed by atoms with van der Waals surface area (Å²) in [5.74, 6) is 0.853. The minimum atomic E-state index is 0.682. The van der Waals surface area contributed by atoms with Crippen molar-refractivity contribution in [3.63, 3.8) is 0 Å². The summed E-state index contributed by atoms with van der Waals surface area (Å²) < 4.78 is 0. The number of nitrogens with one attached hydrogen (secondary N) is 1. The van der Waals surface area contributed by atoms with Crippen LogP contribution in [0, 0.1) is 5.92 Å². The molecule has 1 aromatic rings. The molecule has 2 rings (SSSR count). The lowest BCUT2D eigenvalue weighted by Crippen LogP contribution is -2.03. The highest BCUT2D eigenvalue weighted by molar-refractivity contribution is 6.36. The maximum atomic E-state index is 5.99. The van der Waals surface area contributed by atoms with Gasteiger partial charge >= 0.3 is 0 Å². The lowest BCUT2D eigenvalue weighted by molar-refractivity contribution is 0.889. The summed E-state index contributed by atoms with van der Waals surface area (Å²) in [6, 6.07) is 5.54. The molecule has 0 bridgehead atoms. The molecular formula is C10H11Cl2N. The molecule has 1 N–H and O–H groups in total. The van der Waals surface area contributed by atoms with Gasteiger partial charge in [-0.25, -0.2) is 0 Å². The van der Waals surface area contributed by atoms with Crippen LogP contribution in [-0.4, -0.2) is 6.54 Å². The van der Waals surface area contributed by atoms with Crippen LogP contribution < -0.4 is 5.32 Å². The van der Waals surface area contributed by atoms with Crippen LogP contribution in [0.3, 0.4) is 0 Å². The lowest BCUT2D eigenvalue weighted by Gasteiger charge is -2.07. The molecule has 0 unspecified atom stereocenters. The zero-order valence-electron chi connectivity index (χ0n) is 7.19. The summed E-state index contributed by atoms with van der Waals surface area (Å²) in [7, 11) is 0. The van der Waals surface area contributed by atoms with E-state index in [1.54, 1.807) is 6.07 Å². The molecule has 1 aliphatic carbocycles. The second-order valence-corrected chi connectivity index (χ2v) is 4.29. The first-order valence-electron chi connectivity index (χ1n) is 4.44. The molecular weight excluding hydrogens is 205 g/mol. The molecule has 70 valence electrons. The van der Waals surface area contributed by atoms with Crippen molar-refractivity contribution < 1.29 is 0 Å². The van der Waals surface area contributed by atoms with Crippen molar-refractivity contribution in [3.8, 4) is 0 Å². The van der Waals surface area contributed by atoms with Gasteiger partial charge < -0.3 is 5.32 Å². The maximum absolute atomic E-state index is 5.99. The van der Waals surface area contributed by atoms with E-state index in [9.17, 15) is 0 Å². The van der Waals surface area contributed by atoms with Crippen LogP contribution in [0.2, 0.25) is 10.0 Å². The molecule has 1 saturated carbocycles. The molecule has 0 atom stereocenters. The number of anilines is 1. The van der Waals surface area contributed by atoms with Gasteiger partial charge in [-0.15, -0.1) is 0 Å². The van der Waals surface area contributed by atoms with E-state index in [-0.39, 0.29) is 0 Å². The molecule has 0 spiro atoms. The van der Waals surface area contributed by atoms with Crippen molar-refractivity contribution in [2.24, 2.45) is 5.92 Å². The minimum Gasteiger partial charge on any atom is -0.384 e. The number of rotatable bonds is 3. The van der Waals surface area contributed by atoms with Gasteiger partial charge in [0.05, 0.1) is 10.7 Å². The second-order valence-electron chi connectivity index (χ2n) is 3.45. The minimum absolute atomic E-state index is 0.682. The van der Waals surface area contributed by atoms with Crippen molar-refractivity contribution >= 4 is 28.9 Å². The highest BCUT2D eigenvalue weighted by Crippen LogP contribution is 2.31.